The molecular formula is C36H62F2N8O3. The first-order valence-electron chi connectivity index (χ1n) is 16.6. The molecule has 49 heavy (non-hydrogen) atoms. The minimum Gasteiger partial charge on any atom is -0.400 e. The van der Waals surface area contributed by atoms with Gasteiger partial charge in [0.2, 0.25) is 11.8 Å². The molecular weight excluding hydrogens is 630 g/mol. The number of amides is 2. The number of hydrogen-bond acceptors (Lipinski definition) is 8. The molecule has 0 fully saturated rings. The molecule has 0 saturated heterocycles. The van der Waals surface area contributed by atoms with Gasteiger partial charge in [-0.25, -0.2) is 9.37 Å². The molecule has 0 aliphatic heterocycles. The highest BCUT2D eigenvalue weighted by molar-refractivity contribution is 5.85. The number of carbonyl (C=O) groups is 2. The van der Waals surface area contributed by atoms with E-state index in [2.05, 4.69) is 12.2 Å². The number of rotatable bonds is 13. The number of imidazole rings is 1. The number of aromatic nitrogens is 2. The van der Waals surface area contributed by atoms with Crippen molar-refractivity contribution >= 4 is 17.5 Å². The lowest BCUT2D eigenvalue weighted by atomic mass is 9.84. The van der Waals surface area contributed by atoms with Crippen molar-refractivity contribution in [2.45, 2.75) is 73.4 Å². The number of unbranched alkanes of at least 4 members (excludes halogenated alkanes) is 1. The summed E-state index contributed by atoms with van der Waals surface area (Å²) in [5.74, 6) is -0.558. The molecule has 2 aromatic carbocycles. The molecule has 11 nitrogen and oxygen atoms in total. The average molecular weight is 693 g/mol. The van der Waals surface area contributed by atoms with Gasteiger partial charge in [0.25, 0.3) is 0 Å². The summed E-state index contributed by atoms with van der Waals surface area (Å²) < 4.78 is 26.3. The van der Waals surface area contributed by atoms with Gasteiger partial charge in [0, 0.05) is 37.6 Å². The van der Waals surface area contributed by atoms with E-state index < -0.39 is 23.2 Å². The Hall–Kier alpha value is -3.91. The molecule has 1 heterocycles. The zero-order valence-corrected chi connectivity index (χ0v) is 30.8. The number of anilines is 1. The molecule has 0 radical (unpaired) electrons. The van der Waals surface area contributed by atoms with E-state index in [1.165, 1.54) is 25.0 Å². The van der Waals surface area contributed by atoms with Crippen LogP contribution in [0.3, 0.4) is 0 Å². The Kier molecular flexibility index (Phi) is 26.0. The zero-order chi connectivity index (χ0) is 38.0. The number of aliphatic hydroxyl groups excluding tert-OH is 1. The predicted octanol–water partition coefficient (Wildman–Crippen LogP) is 4.62. The Morgan fingerprint density at radius 3 is 2.08 bits per heavy atom. The van der Waals surface area contributed by atoms with Crippen LogP contribution in [0.25, 0.3) is 11.3 Å². The lowest BCUT2D eigenvalue weighted by Gasteiger charge is -2.40. The summed E-state index contributed by atoms with van der Waals surface area (Å²) in [6.45, 7) is 13.8. The molecule has 1 unspecified atom stereocenters. The van der Waals surface area contributed by atoms with Crippen molar-refractivity contribution in [1.29, 1.82) is 0 Å². The minimum atomic E-state index is -0.516. The number of halogens is 2. The minimum absolute atomic E-state index is 0.205. The topological polar surface area (TPSA) is 192 Å². The van der Waals surface area contributed by atoms with Crippen molar-refractivity contribution in [3.63, 3.8) is 0 Å². The number of aliphatic hydroxyl groups is 1. The molecule has 1 aromatic heterocycles. The Morgan fingerprint density at radius 1 is 1.00 bits per heavy atom. The number of benzene rings is 2. The third-order valence-electron chi connectivity index (χ3n) is 6.75. The molecule has 3 rings (SSSR count). The fraction of sp³-hybridized carbons (Fsp3) is 0.528. The normalized spacial score (nSPS) is 10.7. The Labute approximate surface area is 292 Å². The fourth-order valence-corrected chi connectivity index (χ4v) is 4.63. The second-order valence-electron chi connectivity index (χ2n) is 11.5. The molecule has 1 atom stereocenters. The highest BCUT2D eigenvalue weighted by Gasteiger charge is 2.38. The van der Waals surface area contributed by atoms with Gasteiger partial charge in [-0.1, -0.05) is 78.3 Å². The molecule has 0 saturated carbocycles. The van der Waals surface area contributed by atoms with Crippen molar-refractivity contribution in [2.75, 3.05) is 52.7 Å². The van der Waals surface area contributed by atoms with Crippen molar-refractivity contribution in [1.82, 2.24) is 19.8 Å². The Morgan fingerprint density at radius 2 is 1.59 bits per heavy atom. The number of alkyl halides is 1. The molecule has 3 aromatic rings. The van der Waals surface area contributed by atoms with Crippen LogP contribution in [0.5, 0.6) is 0 Å². The summed E-state index contributed by atoms with van der Waals surface area (Å²) in [5.41, 5.74) is 24.0. The fourth-order valence-electron chi connectivity index (χ4n) is 4.63. The maximum Gasteiger partial charge on any atom is 0.242 e. The molecule has 0 aliphatic rings. The van der Waals surface area contributed by atoms with Crippen LogP contribution < -0.4 is 28.3 Å². The largest absolute Gasteiger partial charge is 0.400 e. The van der Waals surface area contributed by atoms with Crippen molar-refractivity contribution in [2.24, 2.45) is 22.6 Å². The van der Waals surface area contributed by atoms with Crippen LogP contribution in [0.2, 0.25) is 0 Å². The molecule has 13 heteroatoms. The first-order chi connectivity index (χ1) is 23.5. The molecule has 278 valence electrons. The van der Waals surface area contributed by atoms with E-state index in [1.54, 1.807) is 17.2 Å². The van der Waals surface area contributed by atoms with Gasteiger partial charge < -0.3 is 42.8 Å². The summed E-state index contributed by atoms with van der Waals surface area (Å²) in [5, 5.41) is 9.57. The number of nitrogens with zero attached hydrogens (tertiary/aromatic N) is 3. The number of nitrogens with one attached hydrogen (secondary N) is 1. The van der Waals surface area contributed by atoms with E-state index in [0.717, 1.165) is 19.2 Å². The van der Waals surface area contributed by atoms with Gasteiger partial charge in [-0.2, -0.15) is 0 Å². The first kappa shape index (κ1) is 47.2. The number of hydrogen-bond donors (Lipinski definition) is 6. The summed E-state index contributed by atoms with van der Waals surface area (Å²) in [4.78, 5) is 31.9. The van der Waals surface area contributed by atoms with Gasteiger partial charge in [-0.05, 0) is 55.1 Å². The number of nitrogens with two attached hydrogens (primary N) is 4. The standard InChI is InChI=1S/C28H38FN7O2.C4H11N.C2H6.CH3F.CH4O/c1-28(2,3)26(36(13-7-12-30)25(38)16-33-24(37)15-31)27-34-23(21-14-20(32)10-11-22(21)29)18-35(27)17-19-8-5-4-6-9-19;1-2-3-4-5;3*1-2/h4-6,8-11,14,18,26H,7,12-13,15-17,30-32H2,1-3H3,(H,33,37);2-5H2,1H3;1-2H3;1H3;2H,1H3. The summed E-state index contributed by atoms with van der Waals surface area (Å²) in [6, 6.07) is 13.7. The maximum absolute atomic E-state index is 14.9. The predicted molar refractivity (Wildman–Crippen MR) is 198 cm³/mol. The molecule has 0 bridgehead atoms. The van der Waals surface area contributed by atoms with Crippen LogP contribution in [0, 0.1) is 11.2 Å². The summed E-state index contributed by atoms with van der Waals surface area (Å²) in [7, 11) is 1.50. The monoisotopic (exact) mass is 692 g/mol. The Bertz CT molecular complexity index is 1300. The van der Waals surface area contributed by atoms with E-state index in [0.29, 0.717) is 50.4 Å². The summed E-state index contributed by atoms with van der Waals surface area (Å²) >= 11 is 0. The van der Waals surface area contributed by atoms with Crippen LogP contribution >= 0.6 is 0 Å². The van der Waals surface area contributed by atoms with Gasteiger partial charge in [-0.3, -0.25) is 14.0 Å². The third-order valence-corrected chi connectivity index (χ3v) is 6.75. The number of carbonyl (C=O) groups excluding carboxylic acids is 2. The second-order valence-corrected chi connectivity index (χ2v) is 11.5. The molecule has 10 N–H and O–H groups in total. The Balaban J connectivity index is 0. The van der Waals surface area contributed by atoms with Crippen LogP contribution in [0.1, 0.15) is 78.2 Å². The van der Waals surface area contributed by atoms with Gasteiger partial charge in [0.1, 0.15) is 11.6 Å². The summed E-state index contributed by atoms with van der Waals surface area (Å²) in [6.07, 6.45) is 4.73. The maximum atomic E-state index is 14.9. The van der Waals surface area contributed by atoms with Crippen molar-refractivity contribution in [3.8, 4) is 11.3 Å². The van der Waals surface area contributed by atoms with Crippen molar-refractivity contribution in [3.05, 3.63) is 71.9 Å². The van der Waals surface area contributed by atoms with E-state index >= 15 is 0 Å². The molecule has 0 aliphatic carbocycles. The molecule has 0 spiro atoms. The van der Waals surface area contributed by atoms with Crippen LogP contribution in [-0.4, -0.2) is 78.4 Å². The highest BCUT2D eigenvalue weighted by Crippen LogP contribution is 2.39. The van der Waals surface area contributed by atoms with E-state index in [9.17, 15) is 18.4 Å². The van der Waals surface area contributed by atoms with Gasteiger partial charge in [0.15, 0.2) is 0 Å². The van der Waals surface area contributed by atoms with Crippen molar-refractivity contribution < 1.29 is 23.5 Å². The van der Waals surface area contributed by atoms with Crippen LogP contribution in [0.15, 0.2) is 54.7 Å². The smallest absolute Gasteiger partial charge is 0.242 e. The quantitative estimate of drug-likeness (QED) is 0.140. The second kappa shape index (κ2) is 27.0. The SMILES string of the molecule is CC.CC(C)(C)C(c1nc(-c2cc(N)ccc2F)cn1Cc1ccccc1)N(CCCN)C(=O)CNC(=O)CN.CCCCN.CF.CO. The van der Waals surface area contributed by atoms with Crippen LogP contribution in [0.4, 0.5) is 14.5 Å². The van der Waals surface area contributed by atoms with Crippen LogP contribution in [-0.2, 0) is 16.1 Å². The van der Waals surface area contributed by atoms with Gasteiger partial charge in [-0.15, -0.1) is 0 Å². The average Bonchev–Trinajstić information content (AvgIpc) is 3.51. The van der Waals surface area contributed by atoms with Gasteiger partial charge >= 0.3 is 0 Å². The van der Waals surface area contributed by atoms with E-state index in [1.807, 2.05) is 69.5 Å². The zero-order valence-electron chi connectivity index (χ0n) is 30.8. The lowest BCUT2D eigenvalue weighted by Crippen LogP contribution is -2.48. The van der Waals surface area contributed by atoms with Gasteiger partial charge in [0.05, 0.1) is 32.0 Å². The lowest BCUT2D eigenvalue weighted by molar-refractivity contribution is -0.137. The van der Waals surface area contributed by atoms with E-state index in [4.69, 9.17) is 33.0 Å². The first-order valence-corrected chi connectivity index (χ1v) is 16.6. The highest BCUT2D eigenvalue weighted by atomic mass is 19.1. The number of nitrogen functional groups attached to an aromatic ring is 1. The van der Waals surface area contributed by atoms with E-state index in [-0.39, 0.29) is 24.6 Å². The third kappa shape index (κ3) is 16.8. The molecule has 2 amide bonds.